The number of esters is 1. The SMILES string of the molecule is CC12CCC(C1)C(C)(C)C21[Se][C@@H](C(=O)OCc2ccc([N+](=O)[O-])cc2)N2C(=O)C[C@@H]21. The molecule has 4 aliphatic rings. The van der Waals surface area contributed by atoms with E-state index in [4.69, 9.17) is 4.74 Å². The summed E-state index contributed by atoms with van der Waals surface area (Å²) < 4.78 is 5.64. The van der Waals surface area contributed by atoms with Crippen LogP contribution in [-0.2, 0) is 20.9 Å². The summed E-state index contributed by atoms with van der Waals surface area (Å²) in [6.45, 7) is 7.16. The van der Waals surface area contributed by atoms with Crippen LogP contribution in [0.5, 0.6) is 0 Å². The molecule has 1 amide bonds. The van der Waals surface area contributed by atoms with E-state index in [1.165, 1.54) is 31.4 Å². The minimum atomic E-state index is -0.461. The fraction of sp³-hybridized carbons (Fsp3) is 0.636. The van der Waals surface area contributed by atoms with Gasteiger partial charge in [0.05, 0.1) is 0 Å². The van der Waals surface area contributed by atoms with Gasteiger partial charge < -0.3 is 0 Å². The monoisotopic (exact) mass is 478 g/mol. The molecule has 0 N–H and O–H groups in total. The van der Waals surface area contributed by atoms with Crippen LogP contribution in [0.2, 0.25) is 4.31 Å². The van der Waals surface area contributed by atoms with Crippen molar-refractivity contribution in [3.05, 3.63) is 39.9 Å². The van der Waals surface area contributed by atoms with Gasteiger partial charge in [0.25, 0.3) is 0 Å². The number of carbonyl (C=O) groups is 2. The van der Waals surface area contributed by atoms with Crippen molar-refractivity contribution < 1.29 is 19.2 Å². The third-order valence-electron chi connectivity index (χ3n) is 8.36. The van der Waals surface area contributed by atoms with Crippen molar-refractivity contribution in [3.8, 4) is 0 Å². The van der Waals surface area contributed by atoms with Gasteiger partial charge in [-0.2, -0.15) is 0 Å². The summed E-state index contributed by atoms with van der Waals surface area (Å²) in [7, 11) is 0. The molecule has 5 rings (SSSR count). The number of amides is 1. The molecule has 0 aromatic heterocycles. The topological polar surface area (TPSA) is 89.8 Å². The van der Waals surface area contributed by atoms with E-state index in [0.29, 0.717) is 17.9 Å². The molecule has 1 aromatic carbocycles. The molecule has 2 saturated carbocycles. The summed E-state index contributed by atoms with van der Waals surface area (Å²) in [6.07, 6.45) is 4.19. The molecule has 7 nitrogen and oxygen atoms in total. The van der Waals surface area contributed by atoms with E-state index in [0.717, 1.165) is 0 Å². The Hall–Kier alpha value is -1.92. The van der Waals surface area contributed by atoms with Gasteiger partial charge in [0.15, 0.2) is 0 Å². The van der Waals surface area contributed by atoms with Gasteiger partial charge in [-0.1, -0.05) is 0 Å². The Balaban J connectivity index is 1.36. The zero-order valence-corrected chi connectivity index (χ0v) is 19.1. The molecule has 3 unspecified atom stereocenters. The molecule has 4 fully saturated rings. The maximum atomic E-state index is 13.1. The molecule has 1 aromatic rings. The molecular weight excluding hydrogens is 451 g/mol. The number of fused-ring (bicyclic) bond motifs is 5. The molecule has 2 heterocycles. The molecule has 2 aliphatic heterocycles. The molecule has 160 valence electrons. The van der Waals surface area contributed by atoms with E-state index in [9.17, 15) is 19.7 Å². The average Bonchev–Trinajstić information content (AvgIpc) is 3.28. The molecule has 2 bridgehead atoms. The van der Waals surface area contributed by atoms with Crippen molar-refractivity contribution in [1.82, 2.24) is 4.90 Å². The van der Waals surface area contributed by atoms with Crippen LogP contribution in [0.3, 0.4) is 0 Å². The van der Waals surface area contributed by atoms with Crippen LogP contribution in [-0.4, -0.2) is 47.6 Å². The summed E-state index contributed by atoms with van der Waals surface area (Å²) in [4.78, 5) is 37.3. The quantitative estimate of drug-likeness (QED) is 0.218. The summed E-state index contributed by atoms with van der Waals surface area (Å²) in [6, 6.07) is 6.18. The molecule has 5 atom stereocenters. The van der Waals surface area contributed by atoms with E-state index in [1.807, 2.05) is 4.90 Å². The Morgan fingerprint density at radius 3 is 2.57 bits per heavy atom. The minimum absolute atomic E-state index is 0.00641. The van der Waals surface area contributed by atoms with Crippen molar-refractivity contribution >= 4 is 32.5 Å². The second-order valence-electron chi connectivity index (χ2n) is 9.98. The van der Waals surface area contributed by atoms with Crippen LogP contribution in [0.4, 0.5) is 5.69 Å². The van der Waals surface area contributed by atoms with E-state index in [-0.39, 0.29) is 60.3 Å². The van der Waals surface area contributed by atoms with E-state index >= 15 is 0 Å². The normalized spacial score (nSPS) is 37.9. The van der Waals surface area contributed by atoms with Gasteiger partial charge in [-0.05, 0) is 0 Å². The van der Waals surface area contributed by atoms with Crippen molar-refractivity contribution in [3.63, 3.8) is 0 Å². The molecule has 1 spiro atoms. The van der Waals surface area contributed by atoms with Crippen LogP contribution >= 0.6 is 0 Å². The summed E-state index contributed by atoms with van der Waals surface area (Å²) in [5.74, 6) is 0.403. The van der Waals surface area contributed by atoms with Gasteiger partial charge in [0, 0.05) is 0 Å². The van der Waals surface area contributed by atoms with Gasteiger partial charge in [0.2, 0.25) is 0 Å². The number of rotatable bonds is 4. The number of ether oxygens (including phenoxy) is 1. The van der Waals surface area contributed by atoms with E-state index < -0.39 is 9.86 Å². The van der Waals surface area contributed by atoms with Crippen LogP contribution in [0.25, 0.3) is 0 Å². The Morgan fingerprint density at radius 2 is 2.00 bits per heavy atom. The number of β-lactam (4-membered cyclic amide) rings is 1. The summed E-state index contributed by atoms with van der Waals surface area (Å²) in [5, 5.41) is 10.8. The summed E-state index contributed by atoms with van der Waals surface area (Å²) in [5.41, 5.74) is 1.02. The fourth-order valence-electron chi connectivity index (χ4n) is 6.88. The maximum absolute atomic E-state index is 13.1. The standard InChI is InChI=1S/C22H26N2O5Se/c1-20(2)14-8-9-21(3,11-14)22(20)16-10-17(25)23(16)18(30-22)19(26)29-12-13-4-6-15(7-5-13)24(27)28/h4-7,14,16,18H,8-12H2,1-3H3/t14?,16-,18+,21?,22?/m1/s1. The molecule has 8 heteroatoms. The number of nitrogens with zero attached hydrogens (tertiary/aromatic N) is 2. The number of nitro groups is 1. The fourth-order valence-corrected chi connectivity index (χ4v) is 11.5. The van der Waals surface area contributed by atoms with Crippen LogP contribution in [0, 0.1) is 26.9 Å². The van der Waals surface area contributed by atoms with Gasteiger partial charge in [-0.3, -0.25) is 0 Å². The van der Waals surface area contributed by atoms with Gasteiger partial charge in [0.1, 0.15) is 0 Å². The summed E-state index contributed by atoms with van der Waals surface area (Å²) >= 11 is -0.0518. The molecule has 0 radical (unpaired) electrons. The number of hydrogen-bond donors (Lipinski definition) is 0. The number of carbonyl (C=O) groups excluding carboxylic acids is 2. The zero-order chi connectivity index (χ0) is 21.5. The van der Waals surface area contributed by atoms with E-state index in [1.54, 1.807) is 12.1 Å². The van der Waals surface area contributed by atoms with Crippen molar-refractivity contribution in [2.75, 3.05) is 0 Å². The molecular formula is C22H26N2O5Se. The van der Waals surface area contributed by atoms with Gasteiger partial charge >= 0.3 is 182 Å². The second kappa shape index (κ2) is 6.30. The Morgan fingerprint density at radius 1 is 1.30 bits per heavy atom. The first-order valence-corrected chi connectivity index (χ1v) is 12.3. The van der Waals surface area contributed by atoms with Crippen LogP contribution in [0.1, 0.15) is 52.0 Å². The third kappa shape index (κ3) is 2.38. The van der Waals surface area contributed by atoms with Crippen molar-refractivity contribution in [2.45, 2.75) is 68.4 Å². The molecule has 2 saturated heterocycles. The Kier molecular flexibility index (Phi) is 4.20. The van der Waals surface area contributed by atoms with Crippen molar-refractivity contribution in [1.29, 1.82) is 0 Å². The Labute approximate surface area is 181 Å². The average molecular weight is 477 g/mol. The number of benzene rings is 1. The first-order chi connectivity index (χ1) is 14.1. The van der Waals surface area contributed by atoms with Crippen LogP contribution < -0.4 is 0 Å². The molecule has 30 heavy (non-hydrogen) atoms. The Bertz CT molecular complexity index is 941. The molecule has 2 aliphatic carbocycles. The zero-order valence-electron chi connectivity index (χ0n) is 17.4. The van der Waals surface area contributed by atoms with Gasteiger partial charge in [-0.15, -0.1) is 0 Å². The van der Waals surface area contributed by atoms with Crippen molar-refractivity contribution in [2.24, 2.45) is 16.7 Å². The second-order valence-corrected chi connectivity index (χ2v) is 12.8. The number of non-ortho nitro benzene ring substituents is 1. The predicted molar refractivity (Wildman–Crippen MR) is 110 cm³/mol. The predicted octanol–water partition coefficient (Wildman–Crippen LogP) is 3.29. The first-order valence-electron chi connectivity index (χ1n) is 10.5. The number of nitro benzene ring substituents is 1. The van der Waals surface area contributed by atoms with E-state index in [2.05, 4.69) is 20.8 Å². The van der Waals surface area contributed by atoms with Crippen LogP contribution in [0.15, 0.2) is 24.3 Å². The number of hydrogen-bond acceptors (Lipinski definition) is 5. The first kappa shape index (κ1) is 20.0. The van der Waals surface area contributed by atoms with Gasteiger partial charge in [-0.25, -0.2) is 0 Å². The third-order valence-corrected chi connectivity index (χ3v) is 13.2.